The Morgan fingerprint density at radius 1 is 1.14 bits per heavy atom. The molecule has 2 rings (SSSR count). The number of rotatable bonds is 9. The lowest BCUT2D eigenvalue weighted by molar-refractivity contribution is 0.238. The summed E-state index contributed by atoms with van der Waals surface area (Å²) in [6, 6.07) is 3.73. The van der Waals surface area contributed by atoms with Crippen molar-refractivity contribution < 1.29 is 5.11 Å². The fraction of sp³-hybridized carbons (Fsp3) is 0.464. The van der Waals surface area contributed by atoms with Crippen LogP contribution in [0.25, 0.3) is 0 Å². The Kier molecular flexibility index (Phi) is 13.5. The van der Waals surface area contributed by atoms with Gasteiger partial charge in [0.2, 0.25) is 0 Å². The van der Waals surface area contributed by atoms with Gasteiger partial charge in [0.05, 0.1) is 22.8 Å². The second kappa shape index (κ2) is 15.8. The molecule has 1 unspecified atom stereocenters. The van der Waals surface area contributed by atoms with E-state index >= 15 is 0 Å². The SMILES string of the molecule is CCC.C\C=C/C=C(/C=C/C(=N)c1cc(NC(O)/C(N)=C/C)c(N2CCN(C)CC2)cc1N)CC. The molecule has 1 saturated heterocycles. The van der Waals surface area contributed by atoms with Crippen molar-refractivity contribution in [2.24, 2.45) is 5.73 Å². The molecule has 0 aliphatic carbocycles. The first-order valence-electron chi connectivity index (χ1n) is 12.5. The van der Waals surface area contributed by atoms with Crippen LogP contribution in [0.15, 0.2) is 59.9 Å². The summed E-state index contributed by atoms with van der Waals surface area (Å²) in [6.45, 7) is 13.7. The predicted molar refractivity (Wildman–Crippen MR) is 153 cm³/mol. The van der Waals surface area contributed by atoms with Gasteiger partial charge in [-0.1, -0.05) is 57.6 Å². The van der Waals surface area contributed by atoms with Crippen molar-refractivity contribution in [1.82, 2.24) is 4.90 Å². The molecule has 1 aromatic rings. The number of piperazine rings is 1. The van der Waals surface area contributed by atoms with E-state index in [-0.39, 0.29) is 0 Å². The number of hydrogen-bond donors (Lipinski definition) is 5. The van der Waals surface area contributed by atoms with Gasteiger partial charge in [0.25, 0.3) is 0 Å². The maximum absolute atomic E-state index is 10.5. The van der Waals surface area contributed by atoms with Crippen LogP contribution in [0.4, 0.5) is 17.1 Å². The highest BCUT2D eigenvalue weighted by Gasteiger charge is 2.21. The van der Waals surface area contributed by atoms with Crippen LogP contribution < -0.4 is 21.7 Å². The zero-order chi connectivity index (χ0) is 26.4. The molecular formula is C28H46N6O. The third-order valence-electron chi connectivity index (χ3n) is 5.62. The van der Waals surface area contributed by atoms with Gasteiger partial charge in [-0.05, 0) is 51.1 Å². The van der Waals surface area contributed by atoms with Gasteiger partial charge in [-0.3, -0.25) is 0 Å². The quantitative estimate of drug-likeness (QED) is 0.149. The Labute approximate surface area is 212 Å². The molecule has 0 aromatic heterocycles. The molecule has 0 saturated carbocycles. The first kappa shape index (κ1) is 30.0. The summed E-state index contributed by atoms with van der Waals surface area (Å²) in [5.41, 5.74) is 16.8. The Morgan fingerprint density at radius 2 is 1.77 bits per heavy atom. The molecule has 0 amide bonds. The van der Waals surface area contributed by atoms with Crippen molar-refractivity contribution in [2.45, 2.75) is 53.7 Å². The van der Waals surface area contributed by atoms with E-state index < -0.39 is 6.23 Å². The molecule has 1 fully saturated rings. The summed E-state index contributed by atoms with van der Waals surface area (Å²) in [7, 11) is 2.10. The Hall–Kier alpha value is -3.03. The van der Waals surface area contributed by atoms with Gasteiger partial charge in [-0.2, -0.15) is 0 Å². The molecule has 7 nitrogen and oxygen atoms in total. The lowest BCUT2D eigenvalue weighted by Gasteiger charge is -2.36. The monoisotopic (exact) mass is 482 g/mol. The van der Waals surface area contributed by atoms with Crippen molar-refractivity contribution in [3.63, 3.8) is 0 Å². The number of benzene rings is 1. The minimum absolute atomic E-state index is 0.309. The molecule has 194 valence electrons. The highest BCUT2D eigenvalue weighted by atomic mass is 16.3. The maximum Gasteiger partial charge on any atom is 0.165 e. The van der Waals surface area contributed by atoms with Crippen molar-refractivity contribution >= 4 is 22.8 Å². The van der Waals surface area contributed by atoms with E-state index in [0.717, 1.165) is 43.9 Å². The smallest absolute Gasteiger partial charge is 0.165 e. The zero-order valence-corrected chi connectivity index (χ0v) is 22.4. The Morgan fingerprint density at radius 3 is 2.31 bits per heavy atom. The topological polar surface area (TPSA) is 115 Å². The minimum atomic E-state index is -1.03. The number of hydrogen-bond acceptors (Lipinski definition) is 7. The normalized spacial score (nSPS) is 16.4. The fourth-order valence-corrected chi connectivity index (χ4v) is 3.44. The molecule has 0 bridgehead atoms. The molecule has 0 radical (unpaired) electrons. The van der Waals surface area contributed by atoms with Gasteiger partial charge >= 0.3 is 0 Å². The van der Waals surface area contributed by atoms with Crippen molar-refractivity contribution in [3.05, 3.63) is 65.4 Å². The van der Waals surface area contributed by atoms with Gasteiger partial charge < -0.3 is 37.1 Å². The van der Waals surface area contributed by atoms with Crippen LogP contribution in [0.2, 0.25) is 0 Å². The highest BCUT2D eigenvalue weighted by Crippen LogP contribution is 2.33. The molecule has 1 aliphatic rings. The van der Waals surface area contributed by atoms with E-state index in [0.29, 0.717) is 28.3 Å². The molecule has 1 atom stereocenters. The van der Waals surface area contributed by atoms with Crippen molar-refractivity contribution in [1.29, 1.82) is 5.41 Å². The summed E-state index contributed by atoms with van der Waals surface area (Å²) in [6.07, 6.45) is 12.5. The third kappa shape index (κ3) is 9.62. The zero-order valence-electron chi connectivity index (χ0n) is 22.4. The Bertz CT molecular complexity index is 924. The second-order valence-corrected chi connectivity index (χ2v) is 8.66. The maximum atomic E-state index is 10.5. The lowest BCUT2D eigenvalue weighted by Crippen LogP contribution is -2.45. The minimum Gasteiger partial charge on any atom is -0.399 e. The third-order valence-corrected chi connectivity index (χ3v) is 5.62. The van der Waals surface area contributed by atoms with Gasteiger partial charge in [0, 0.05) is 37.4 Å². The molecule has 0 spiro atoms. The average Bonchev–Trinajstić information content (AvgIpc) is 2.85. The van der Waals surface area contributed by atoms with Crippen LogP contribution in [0.1, 0.15) is 53.0 Å². The predicted octanol–water partition coefficient (Wildman–Crippen LogP) is 4.87. The van der Waals surface area contributed by atoms with Crippen LogP contribution >= 0.6 is 0 Å². The molecule has 1 aromatic carbocycles. The van der Waals surface area contributed by atoms with E-state index in [1.54, 1.807) is 19.1 Å². The van der Waals surface area contributed by atoms with Crippen LogP contribution in [0, 0.1) is 5.41 Å². The van der Waals surface area contributed by atoms with Gasteiger partial charge in [0.1, 0.15) is 0 Å². The summed E-state index contributed by atoms with van der Waals surface area (Å²) < 4.78 is 0. The van der Waals surface area contributed by atoms with Gasteiger partial charge in [-0.25, -0.2) is 0 Å². The van der Waals surface area contributed by atoms with Gasteiger partial charge in [-0.15, -0.1) is 0 Å². The molecule has 7 heteroatoms. The van der Waals surface area contributed by atoms with Crippen LogP contribution in [-0.4, -0.2) is 55.2 Å². The number of nitrogens with one attached hydrogen (secondary N) is 2. The number of likely N-dealkylation sites (N-methyl/N-ethyl adjacent to an activating group) is 1. The fourth-order valence-electron chi connectivity index (χ4n) is 3.44. The van der Waals surface area contributed by atoms with Crippen LogP contribution in [0.3, 0.4) is 0 Å². The number of aliphatic hydroxyl groups excluding tert-OH is 1. The molecule has 35 heavy (non-hydrogen) atoms. The van der Waals surface area contributed by atoms with E-state index in [2.05, 4.69) is 42.9 Å². The summed E-state index contributed by atoms with van der Waals surface area (Å²) >= 11 is 0. The number of nitrogen functional groups attached to an aromatic ring is 1. The highest BCUT2D eigenvalue weighted by molar-refractivity contribution is 6.11. The first-order valence-corrected chi connectivity index (χ1v) is 12.5. The summed E-state index contributed by atoms with van der Waals surface area (Å²) in [4.78, 5) is 4.52. The van der Waals surface area contributed by atoms with Crippen LogP contribution in [-0.2, 0) is 0 Å². The largest absolute Gasteiger partial charge is 0.399 e. The first-order chi connectivity index (χ1) is 16.7. The second-order valence-electron chi connectivity index (χ2n) is 8.66. The summed E-state index contributed by atoms with van der Waals surface area (Å²) in [5, 5.41) is 22.2. The van der Waals surface area contributed by atoms with Crippen LogP contribution in [0.5, 0.6) is 0 Å². The van der Waals surface area contributed by atoms with Crippen molar-refractivity contribution in [2.75, 3.05) is 49.2 Å². The molecular weight excluding hydrogens is 436 g/mol. The van der Waals surface area contributed by atoms with E-state index in [9.17, 15) is 5.11 Å². The molecule has 7 N–H and O–H groups in total. The van der Waals surface area contributed by atoms with Crippen molar-refractivity contribution in [3.8, 4) is 0 Å². The standard InChI is InChI=1S/C25H38N6O.C3H8/c1-5-8-9-18(6-2)10-11-21(27)19-16-23(29-25(32)20(26)7-3)24(17-22(19)28)31-14-12-30(4)13-15-31;1-3-2/h5,7-11,16-17,25,27,29,32H,6,12-15,26,28H2,1-4H3;3H2,1-2H3/b8-5-,11-10+,18-9+,20-7-,27-21?;. The van der Waals surface area contributed by atoms with E-state index in [1.165, 1.54) is 6.42 Å². The number of anilines is 3. The number of nitrogens with two attached hydrogens (primary N) is 2. The molecule has 1 aliphatic heterocycles. The average molecular weight is 483 g/mol. The Balaban J connectivity index is 0.00000194. The molecule has 1 heterocycles. The van der Waals surface area contributed by atoms with E-state index in [1.807, 2.05) is 43.4 Å². The summed E-state index contributed by atoms with van der Waals surface area (Å²) in [5.74, 6) is 0. The van der Waals surface area contributed by atoms with E-state index in [4.69, 9.17) is 16.9 Å². The van der Waals surface area contributed by atoms with Gasteiger partial charge in [0.15, 0.2) is 6.23 Å². The number of aliphatic hydroxyl groups is 1. The number of nitrogens with zero attached hydrogens (tertiary/aromatic N) is 2. The number of allylic oxidation sites excluding steroid dienone is 7. The lowest BCUT2D eigenvalue weighted by atomic mass is 10.0.